The van der Waals surface area contributed by atoms with Gasteiger partial charge in [-0.25, -0.2) is 14.6 Å². The minimum absolute atomic E-state index is 0.216. The lowest BCUT2D eigenvalue weighted by atomic mass is 9.98. The molecule has 3 heterocycles. The number of nitrogens with zero attached hydrogens (tertiary/aromatic N) is 3. The lowest BCUT2D eigenvalue weighted by Gasteiger charge is -2.31. The van der Waals surface area contributed by atoms with Gasteiger partial charge >= 0.3 is 12.1 Å². The Morgan fingerprint density at radius 2 is 1.50 bits per heavy atom. The number of piperidine rings is 2. The van der Waals surface area contributed by atoms with Crippen molar-refractivity contribution in [2.45, 2.75) is 38.6 Å². The van der Waals surface area contributed by atoms with Crippen LogP contribution in [0.5, 0.6) is 11.5 Å². The first-order chi connectivity index (χ1) is 20.4. The zero-order chi connectivity index (χ0) is 29.3. The molecule has 0 saturated carbocycles. The van der Waals surface area contributed by atoms with Crippen molar-refractivity contribution in [2.75, 3.05) is 38.1 Å². The molecular weight excluding hydrogens is 536 g/mol. The van der Waals surface area contributed by atoms with Gasteiger partial charge in [0.25, 0.3) is 5.91 Å². The molecule has 42 heavy (non-hydrogen) atoms. The van der Waals surface area contributed by atoms with E-state index >= 15 is 0 Å². The zero-order valence-corrected chi connectivity index (χ0v) is 23.5. The summed E-state index contributed by atoms with van der Waals surface area (Å²) in [4.78, 5) is 44.7. The summed E-state index contributed by atoms with van der Waals surface area (Å²) in [6.07, 6.45) is 6.32. The summed E-state index contributed by atoms with van der Waals surface area (Å²) in [5.74, 6) is 0.351. The third kappa shape index (κ3) is 8.07. The number of benzene rings is 2. The molecule has 0 unspecified atom stereocenters. The maximum absolute atomic E-state index is 12.7. The fourth-order valence-corrected chi connectivity index (χ4v) is 5.20. The average molecular weight is 573 g/mol. The Morgan fingerprint density at radius 1 is 0.833 bits per heavy atom. The Kier molecular flexibility index (Phi) is 9.66. The molecule has 5 rings (SSSR count). The van der Waals surface area contributed by atoms with Gasteiger partial charge < -0.3 is 24.8 Å². The SMILES string of the molecule is O=C(O)c1ccc(OCC2CCN(C(=O)Oc3ccc(NC(=O)c4ccc(CN5CCCCC5)cc4)nc3)CC2)cc1. The number of hydrogen-bond donors (Lipinski definition) is 2. The summed E-state index contributed by atoms with van der Waals surface area (Å²) >= 11 is 0. The fraction of sp³-hybridized carbons (Fsp3) is 0.375. The molecule has 0 spiro atoms. The van der Waals surface area contributed by atoms with Crippen molar-refractivity contribution in [2.24, 2.45) is 5.92 Å². The zero-order valence-electron chi connectivity index (χ0n) is 23.5. The Morgan fingerprint density at radius 3 is 2.14 bits per heavy atom. The largest absolute Gasteiger partial charge is 0.493 e. The number of carbonyl (C=O) groups is 3. The van der Waals surface area contributed by atoms with Crippen LogP contribution in [0.4, 0.5) is 10.6 Å². The second-order valence-electron chi connectivity index (χ2n) is 10.8. The van der Waals surface area contributed by atoms with Gasteiger partial charge in [0.15, 0.2) is 5.75 Å². The number of aromatic carboxylic acids is 1. The van der Waals surface area contributed by atoms with Gasteiger partial charge in [0.1, 0.15) is 11.6 Å². The summed E-state index contributed by atoms with van der Waals surface area (Å²) in [7, 11) is 0. The van der Waals surface area contributed by atoms with E-state index in [0.29, 0.717) is 42.6 Å². The molecule has 0 atom stereocenters. The number of nitrogens with one attached hydrogen (secondary N) is 1. The summed E-state index contributed by atoms with van der Waals surface area (Å²) in [5.41, 5.74) is 1.97. The first-order valence-electron chi connectivity index (χ1n) is 14.4. The first-order valence-corrected chi connectivity index (χ1v) is 14.4. The second kappa shape index (κ2) is 14.0. The van der Waals surface area contributed by atoms with Crippen LogP contribution in [0, 0.1) is 5.92 Å². The van der Waals surface area contributed by atoms with E-state index in [1.807, 2.05) is 24.3 Å². The van der Waals surface area contributed by atoms with E-state index in [0.717, 1.165) is 32.5 Å². The van der Waals surface area contributed by atoms with Crippen LogP contribution in [0.1, 0.15) is 58.4 Å². The quantitative estimate of drug-likeness (QED) is 0.354. The summed E-state index contributed by atoms with van der Waals surface area (Å²) < 4.78 is 11.3. The average Bonchev–Trinajstić information content (AvgIpc) is 3.02. The number of hydrogen-bond acceptors (Lipinski definition) is 7. The molecule has 0 aliphatic carbocycles. The van der Waals surface area contributed by atoms with Crippen molar-refractivity contribution in [1.82, 2.24) is 14.8 Å². The van der Waals surface area contributed by atoms with Crippen LogP contribution in [-0.4, -0.2) is 70.6 Å². The summed E-state index contributed by atoms with van der Waals surface area (Å²) in [6.45, 7) is 4.75. The van der Waals surface area contributed by atoms with Gasteiger partial charge in [0, 0.05) is 25.2 Å². The van der Waals surface area contributed by atoms with Gasteiger partial charge in [-0.1, -0.05) is 18.6 Å². The fourth-order valence-electron chi connectivity index (χ4n) is 5.20. The minimum Gasteiger partial charge on any atom is -0.493 e. The van der Waals surface area contributed by atoms with Crippen LogP contribution < -0.4 is 14.8 Å². The number of likely N-dealkylation sites (tertiary alicyclic amines) is 2. The molecule has 2 aromatic carbocycles. The van der Waals surface area contributed by atoms with Crippen LogP contribution in [-0.2, 0) is 6.54 Å². The van der Waals surface area contributed by atoms with E-state index in [1.54, 1.807) is 29.2 Å². The molecule has 10 heteroatoms. The normalized spacial score (nSPS) is 16.0. The number of carbonyl (C=O) groups excluding carboxylic acids is 2. The molecule has 1 aromatic heterocycles. The van der Waals surface area contributed by atoms with Gasteiger partial charge in [-0.3, -0.25) is 9.69 Å². The highest BCUT2D eigenvalue weighted by atomic mass is 16.6. The summed E-state index contributed by atoms with van der Waals surface area (Å²) in [5, 5.41) is 11.8. The van der Waals surface area contributed by atoms with E-state index in [4.69, 9.17) is 14.6 Å². The maximum atomic E-state index is 12.7. The van der Waals surface area contributed by atoms with Gasteiger partial charge in [0.2, 0.25) is 0 Å². The van der Waals surface area contributed by atoms with E-state index in [2.05, 4.69) is 15.2 Å². The molecule has 2 N–H and O–H groups in total. The molecule has 2 aliphatic heterocycles. The van der Waals surface area contributed by atoms with E-state index in [9.17, 15) is 14.4 Å². The van der Waals surface area contributed by atoms with Crippen LogP contribution >= 0.6 is 0 Å². The van der Waals surface area contributed by atoms with Gasteiger partial charge in [-0.15, -0.1) is 0 Å². The number of amides is 2. The molecule has 0 bridgehead atoms. The first kappa shape index (κ1) is 29.1. The standard InChI is InChI=1S/C32H36N4O6/c37-30(25-6-4-23(5-7-25)21-35-16-2-1-3-17-35)34-29-13-12-28(20-33-29)42-32(40)36-18-14-24(15-19-36)22-41-27-10-8-26(9-11-27)31(38)39/h4-13,20,24H,1-3,14-19,21-22H2,(H,38,39)(H,33,34,37). The molecule has 2 aliphatic rings. The van der Waals surface area contributed by atoms with Crippen LogP contribution in [0.2, 0.25) is 0 Å². The van der Waals surface area contributed by atoms with Gasteiger partial charge in [-0.2, -0.15) is 0 Å². The Bertz CT molecular complexity index is 1350. The topological polar surface area (TPSA) is 121 Å². The third-order valence-corrected chi connectivity index (χ3v) is 7.71. The van der Waals surface area contributed by atoms with E-state index in [-0.39, 0.29) is 17.4 Å². The summed E-state index contributed by atoms with van der Waals surface area (Å²) in [6, 6.07) is 17.2. The maximum Gasteiger partial charge on any atom is 0.415 e. The van der Waals surface area contributed by atoms with Crippen molar-refractivity contribution < 1.29 is 29.0 Å². The molecule has 3 aromatic rings. The number of rotatable bonds is 9. The molecule has 2 amide bonds. The lowest BCUT2D eigenvalue weighted by molar-refractivity contribution is 0.0696. The highest BCUT2D eigenvalue weighted by Crippen LogP contribution is 2.22. The highest BCUT2D eigenvalue weighted by Gasteiger charge is 2.25. The molecule has 2 saturated heterocycles. The highest BCUT2D eigenvalue weighted by molar-refractivity contribution is 6.03. The third-order valence-electron chi connectivity index (χ3n) is 7.71. The Hall–Kier alpha value is -4.44. The number of carboxylic acid groups (broad SMARTS) is 1. The van der Waals surface area contributed by atoms with Gasteiger partial charge in [-0.05, 0) is 98.8 Å². The Labute approximate surface area is 245 Å². The van der Waals surface area contributed by atoms with E-state index in [1.165, 1.54) is 43.2 Å². The van der Waals surface area contributed by atoms with Crippen LogP contribution in [0.3, 0.4) is 0 Å². The van der Waals surface area contributed by atoms with Crippen molar-refractivity contribution in [3.63, 3.8) is 0 Å². The number of anilines is 1. The molecule has 0 radical (unpaired) electrons. The lowest BCUT2D eigenvalue weighted by Crippen LogP contribution is -2.41. The van der Waals surface area contributed by atoms with Gasteiger partial charge in [0.05, 0.1) is 18.4 Å². The Balaban J connectivity index is 1.03. The second-order valence-corrected chi connectivity index (χ2v) is 10.8. The monoisotopic (exact) mass is 572 g/mol. The predicted molar refractivity (Wildman–Crippen MR) is 157 cm³/mol. The minimum atomic E-state index is -0.973. The number of ether oxygens (including phenoxy) is 2. The van der Waals surface area contributed by atoms with Crippen molar-refractivity contribution in [3.8, 4) is 11.5 Å². The molecule has 2 fully saturated rings. The molecule has 220 valence electrons. The van der Waals surface area contributed by atoms with Crippen LogP contribution in [0.15, 0.2) is 66.9 Å². The van der Waals surface area contributed by atoms with E-state index < -0.39 is 12.1 Å². The van der Waals surface area contributed by atoms with Crippen molar-refractivity contribution in [3.05, 3.63) is 83.6 Å². The van der Waals surface area contributed by atoms with Crippen molar-refractivity contribution in [1.29, 1.82) is 0 Å². The van der Waals surface area contributed by atoms with Crippen LogP contribution in [0.25, 0.3) is 0 Å². The van der Waals surface area contributed by atoms with Crippen molar-refractivity contribution >= 4 is 23.8 Å². The predicted octanol–water partition coefficient (Wildman–Crippen LogP) is 5.31. The number of aromatic nitrogens is 1. The number of carboxylic acids is 1. The number of pyridine rings is 1. The smallest absolute Gasteiger partial charge is 0.415 e. The molecule has 10 nitrogen and oxygen atoms in total. The molecular formula is C32H36N4O6.